The number of carbonyl (C=O) groups excluding carboxylic acids is 1. The topological polar surface area (TPSA) is 107 Å². The number of anilines is 1. The number of piperazine rings is 1. The Morgan fingerprint density at radius 2 is 1.71 bits per heavy atom. The van der Waals surface area contributed by atoms with E-state index >= 15 is 0 Å². The van der Waals surface area contributed by atoms with Crippen LogP contribution in [0, 0.1) is 0 Å². The zero-order chi connectivity index (χ0) is 27.4. The Morgan fingerprint density at radius 1 is 1.05 bits per heavy atom. The summed E-state index contributed by atoms with van der Waals surface area (Å²) in [5, 5.41) is 0. The van der Waals surface area contributed by atoms with Crippen molar-refractivity contribution in [3.05, 3.63) is 24.3 Å². The van der Waals surface area contributed by atoms with Crippen LogP contribution >= 0.6 is 0 Å². The lowest BCUT2D eigenvalue weighted by Gasteiger charge is -2.42. The van der Waals surface area contributed by atoms with Crippen LogP contribution in [0.25, 0.3) is 0 Å². The average molecular weight is 570 g/mol. The van der Waals surface area contributed by atoms with Crippen molar-refractivity contribution in [2.45, 2.75) is 55.7 Å². The van der Waals surface area contributed by atoms with Crippen molar-refractivity contribution < 1.29 is 49.8 Å². The molecule has 0 radical (unpaired) electrons. The lowest BCUT2D eigenvalue weighted by molar-refractivity contribution is -0.253. The van der Waals surface area contributed by atoms with Crippen LogP contribution in [0.3, 0.4) is 0 Å². The van der Waals surface area contributed by atoms with Gasteiger partial charge in [0.15, 0.2) is 11.0 Å². The molecule has 0 aromatic heterocycles. The van der Waals surface area contributed by atoms with E-state index < -0.39 is 45.3 Å². The Labute approximate surface area is 218 Å². The maximum atomic E-state index is 13.8. The summed E-state index contributed by atoms with van der Waals surface area (Å²) in [5.74, 6) is -1.18. The number of amides is 1. The summed E-state index contributed by atoms with van der Waals surface area (Å²) < 4.78 is 92.9. The molecule has 1 N–H and O–H groups in total. The highest BCUT2D eigenvalue weighted by Gasteiger charge is 2.55. The zero-order valence-corrected chi connectivity index (χ0v) is 21.4. The lowest BCUT2D eigenvalue weighted by atomic mass is 9.98. The van der Waals surface area contributed by atoms with Gasteiger partial charge in [0.1, 0.15) is 5.75 Å². The van der Waals surface area contributed by atoms with E-state index in [1.807, 2.05) is 4.90 Å². The molecule has 10 nitrogen and oxygen atoms in total. The Hall–Kier alpha value is -2.20. The third kappa shape index (κ3) is 6.17. The molecule has 0 saturated carbocycles. The fourth-order valence-corrected chi connectivity index (χ4v) is 6.78. The summed E-state index contributed by atoms with van der Waals surface area (Å²) in [7, 11) is -4.12. The summed E-state index contributed by atoms with van der Waals surface area (Å²) in [6.45, 7) is 1.37. The third-order valence-electron chi connectivity index (χ3n) is 6.92. The number of sulfonamides is 1. The lowest BCUT2D eigenvalue weighted by Crippen LogP contribution is -2.62. The smallest absolute Gasteiger partial charge is 0.428 e. The molecule has 1 aromatic carbocycles. The number of ether oxygens (including phenoxy) is 3. The first kappa shape index (κ1) is 28.8. The monoisotopic (exact) mass is 569 g/mol. The van der Waals surface area contributed by atoms with E-state index in [0.717, 1.165) is 25.0 Å². The van der Waals surface area contributed by atoms with Gasteiger partial charge in [-0.05, 0) is 37.1 Å². The fraction of sp³-hybridized carbons (Fsp3) is 0.696. The molecule has 1 atom stereocenters. The van der Waals surface area contributed by atoms with E-state index in [-0.39, 0.29) is 52.2 Å². The molecule has 15 heteroatoms. The van der Waals surface area contributed by atoms with E-state index in [9.17, 15) is 30.8 Å². The van der Waals surface area contributed by atoms with Gasteiger partial charge in [-0.1, -0.05) is 0 Å². The number of nitrogens with zero attached hydrogens (tertiary/aromatic N) is 2. The molecule has 0 aliphatic carbocycles. The highest BCUT2D eigenvalue weighted by Crippen LogP contribution is 2.35. The van der Waals surface area contributed by atoms with Gasteiger partial charge >= 0.3 is 12.5 Å². The largest absolute Gasteiger partial charge is 0.461 e. The van der Waals surface area contributed by atoms with Crippen molar-refractivity contribution in [1.82, 2.24) is 9.79 Å². The molecule has 38 heavy (non-hydrogen) atoms. The molecule has 3 fully saturated rings. The van der Waals surface area contributed by atoms with E-state index in [1.54, 1.807) is 0 Å². The minimum absolute atomic E-state index is 0.0268. The predicted octanol–water partition coefficient (Wildman–Crippen LogP) is 2.50. The van der Waals surface area contributed by atoms with Crippen molar-refractivity contribution in [3.63, 3.8) is 0 Å². The van der Waals surface area contributed by atoms with Crippen molar-refractivity contribution in [2.75, 3.05) is 50.9 Å². The molecule has 3 aliphatic heterocycles. The number of carbonyl (C=O) groups is 1. The van der Waals surface area contributed by atoms with Crippen LogP contribution < -0.4 is 15.1 Å². The molecule has 3 saturated heterocycles. The summed E-state index contributed by atoms with van der Waals surface area (Å²) in [4.78, 5) is 20.4. The Bertz CT molecular complexity index is 1040. The van der Waals surface area contributed by atoms with Crippen LogP contribution in [0.4, 0.5) is 23.2 Å². The maximum absolute atomic E-state index is 13.8. The van der Waals surface area contributed by atoms with E-state index in [2.05, 4.69) is 10.2 Å². The van der Waals surface area contributed by atoms with Gasteiger partial charge in [-0.3, -0.25) is 4.79 Å². The summed E-state index contributed by atoms with van der Waals surface area (Å²) in [6, 6.07) is 5.15. The van der Waals surface area contributed by atoms with E-state index in [1.165, 1.54) is 16.4 Å². The molecule has 1 amide bonds. The predicted molar refractivity (Wildman–Crippen MR) is 126 cm³/mol. The second kappa shape index (κ2) is 11.9. The first-order valence-electron chi connectivity index (χ1n) is 12.4. The fourth-order valence-electron chi connectivity index (χ4n) is 4.68. The second-order valence-electron chi connectivity index (χ2n) is 9.30. The molecule has 3 aliphatic rings. The molecule has 1 aromatic rings. The maximum Gasteiger partial charge on any atom is 0.461 e. The first-order valence-corrected chi connectivity index (χ1v) is 13.8. The van der Waals surface area contributed by atoms with Gasteiger partial charge in [0, 0.05) is 70.9 Å². The van der Waals surface area contributed by atoms with Crippen LogP contribution in [-0.4, -0.2) is 88.2 Å². The number of hydrogen-bond acceptors (Lipinski definition) is 8. The Balaban J connectivity index is 1.39. The van der Waals surface area contributed by atoms with Gasteiger partial charge in [-0.15, -0.1) is 0 Å². The molecule has 3 heterocycles. The van der Waals surface area contributed by atoms with Crippen molar-refractivity contribution in [3.8, 4) is 5.75 Å². The minimum atomic E-state index is -4.61. The van der Waals surface area contributed by atoms with Crippen molar-refractivity contribution in [2.24, 2.45) is 0 Å². The standard InChI is InChI=1S/C23H31F4N3O7S/c24-20(25)23(26,27)36-18-6-4-17(5-7-18)29-10-12-30(13-11-29)38(32,33)22(8-15-34-16-9-22)21(31)28-37-19-3-1-2-14-35-19/h4-7,19-20H,1-3,8-16H2,(H,28,31). The second-order valence-corrected chi connectivity index (χ2v) is 11.5. The molecule has 0 spiro atoms. The number of nitrogens with one attached hydrogen (secondary N) is 1. The third-order valence-corrected chi connectivity index (χ3v) is 9.54. The minimum Gasteiger partial charge on any atom is -0.428 e. The van der Waals surface area contributed by atoms with Gasteiger partial charge in [-0.2, -0.15) is 21.9 Å². The first-order chi connectivity index (χ1) is 18.0. The quantitative estimate of drug-likeness (QED) is 0.357. The average Bonchev–Trinajstić information content (AvgIpc) is 2.93. The van der Waals surface area contributed by atoms with Gasteiger partial charge in [0.25, 0.3) is 5.91 Å². The van der Waals surface area contributed by atoms with Crippen LogP contribution in [-0.2, 0) is 29.1 Å². The number of alkyl halides is 4. The Kier molecular flexibility index (Phi) is 9.02. The van der Waals surface area contributed by atoms with Crippen LogP contribution in [0.15, 0.2) is 24.3 Å². The number of hydroxylamine groups is 1. The number of benzene rings is 1. The van der Waals surface area contributed by atoms with Gasteiger partial charge < -0.3 is 19.1 Å². The summed E-state index contributed by atoms with van der Waals surface area (Å²) in [6.07, 6.45) is -6.90. The van der Waals surface area contributed by atoms with Gasteiger partial charge in [0.2, 0.25) is 10.0 Å². The molecule has 214 valence electrons. The summed E-state index contributed by atoms with van der Waals surface area (Å²) in [5.41, 5.74) is 2.90. The normalized spacial score (nSPS) is 23.3. The SMILES string of the molecule is O=C(NOC1CCCCO1)C1(S(=O)(=O)N2CCN(c3ccc(OC(F)(F)C(F)F)cc3)CC2)CCOCC1. The number of halogens is 4. The van der Waals surface area contributed by atoms with Crippen molar-refractivity contribution >= 4 is 21.6 Å². The molecule has 0 bridgehead atoms. The summed E-state index contributed by atoms with van der Waals surface area (Å²) >= 11 is 0. The van der Waals surface area contributed by atoms with Crippen LogP contribution in [0.2, 0.25) is 0 Å². The molecule has 1 unspecified atom stereocenters. The van der Waals surface area contributed by atoms with E-state index in [4.69, 9.17) is 14.3 Å². The number of rotatable bonds is 9. The molecular weight excluding hydrogens is 538 g/mol. The van der Waals surface area contributed by atoms with Gasteiger partial charge in [0.05, 0.1) is 0 Å². The van der Waals surface area contributed by atoms with Gasteiger partial charge in [-0.25, -0.2) is 18.7 Å². The van der Waals surface area contributed by atoms with Crippen molar-refractivity contribution in [1.29, 1.82) is 0 Å². The van der Waals surface area contributed by atoms with Crippen LogP contribution in [0.1, 0.15) is 32.1 Å². The van der Waals surface area contributed by atoms with Crippen LogP contribution in [0.5, 0.6) is 5.75 Å². The highest BCUT2D eigenvalue weighted by atomic mass is 32.2. The van der Waals surface area contributed by atoms with E-state index in [0.29, 0.717) is 18.7 Å². The zero-order valence-electron chi connectivity index (χ0n) is 20.6. The highest BCUT2D eigenvalue weighted by molar-refractivity contribution is 7.91. The number of hydrogen-bond donors (Lipinski definition) is 1. The molecule has 4 rings (SSSR count). The molecular formula is C23H31F4N3O7S. The Morgan fingerprint density at radius 3 is 2.29 bits per heavy atom.